The predicted molar refractivity (Wildman–Crippen MR) is 88.0 cm³/mol. The first-order chi connectivity index (χ1) is 11.5. The number of carboxylic acids is 1. The van der Waals surface area contributed by atoms with Gasteiger partial charge in [0.15, 0.2) is 0 Å². The summed E-state index contributed by atoms with van der Waals surface area (Å²) < 4.78 is 5.81. The molecule has 1 aromatic heterocycles. The molecule has 1 unspecified atom stereocenters. The van der Waals surface area contributed by atoms with Gasteiger partial charge in [-0.2, -0.15) is 0 Å². The van der Waals surface area contributed by atoms with Crippen LogP contribution in [0.25, 0.3) is 0 Å². The highest BCUT2D eigenvalue weighted by Gasteiger charge is 2.39. The molecule has 2 fully saturated rings. The Morgan fingerprint density at radius 1 is 1.29 bits per heavy atom. The van der Waals surface area contributed by atoms with Crippen LogP contribution in [0, 0.1) is 5.41 Å². The highest BCUT2D eigenvalue weighted by atomic mass is 16.5. The summed E-state index contributed by atoms with van der Waals surface area (Å²) in [4.78, 5) is 29.9. The molecule has 1 aromatic rings. The normalized spacial score (nSPS) is 24.8. The fraction of sp³-hybridized carbons (Fsp3) is 0.611. The van der Waals surface area contributed by atoms with Gasteiger partial charge in [0.05, 0.1) is 11.0 Å². The Bertz CT molecular complexity index is 610. The molecule has 1 atom stereocenters. The van der Waals surface area contributed by atoms with E-state index in [1.165, 1.54) is 19.0 Å². The largest absolute Gasteiger partial charge is 0.481 e. The van der Waals surface area contributed by atoms with Gasteiger partial charge in [-0.15, -0.1) is 0 Å². The molecule has 2 heterocycles. The van der Waals surface area contributed by atoms with E-state index in [-0.39, 0.29) is 18.6 Å². The van der Waals surface area contributed by atoms with Crippen molar-refractivity contribution in [1.82, 2.24) is 9.88 Å². The van der Waals surface area contributed by atoms with Gasteiger partial charge in [-0.05, 0) is 51.5 Å². The molecule has 0 radical (unpaired) electrons. The minimum Gasteiger partial charge on any atom is -0.481 e. The van der Waals surface area contributed by atoms with Gasteiger partial charge in [-0.3, -0.25) is 9.59 Å². The third-order valence-corrected chi connectivity index (χ3v) is 5.07. The molecule has 0 bridgehead atoms. The van der Waals surface area contributed by atoms with Crippen molar-refractivity contribution >= 4 is 11.9 Å². The molecule has 1 aliphatic heterocycles. The second kappa shape index (κ2) is 6.79. The van der Waals surface area contributed by atoms with E-state index in [9.17, 15) is 14.7 Å². The van der Waals surface area contributed by atoms with Crippen LogP contribution >= 0.6 is 0 Å². The smallest absolute Gasteiger partial charge is 0.311 e. The lowest BCUT2D eigenvalue weighted by Gasteiger charge is -2.37. The molecule has 24 heavy (non-hydrogen) atoms. The summed E-state index contributed by atoms with van der Waals surface area (Å²) in [5, 5.41) is 9.37. The lowest BCUT2D eigenvalue weighted by Crippen LogP contribution is -2.48. The molecule has 1 amide bonds. The van der Waals surface area contributed by atoms with Crippen LogP contribution in [0.1, 0.15) is 55.8 Å². The van der Waals surface area contributed by atoms with E-state index in [4.69, 9.17) is 4.74 Å². The predicted octanol–water partition coefficient (Wildman–Crippen LogP) is 2.73. The Balaban J connectivity index is 1.65. The Labute approximate surface area is 141 Å². The maximum Gasteiger partial charge on any atom is 0.311 e. The number of aromatic nitrogens is 1. The van der Waals surface area contributed by atoms with Crippen LogP contribution in [0.3, 0.4) is 0 Å². The van der Waals surface area contributed by atoms with Crippen molar-refractivity contribution in [2.75, 3.05) is 13.1 Å². The Hall–Kier alpha value is -2.11. The number of pyridine rings is 1. The zero-order chi connectivity index (χ0) is 17.2. The van der Waals surface area contributed by atoms with Crippen molar-refractivity contribution in [3.05, 3.63) is 23.9 Å². The Morgan fingerprint density at radius 2 is 2.04 bits per heavy atom. The third-order valence-electron chi connectivity index (χ3n) is 5.07. The van der Waals surface area contributed by atoms with E-state index < -0.39 is 11.4 Å². The Kier molecular flexibility index (Phi) is 4.73. The molecule has 1 saturated heterocycles. The van der Waals surface area contributed by atoms with Crippen LogP contribution in [0.5, 0.6) is 5.88 Å². The minimum atomic E-state index is -0.868. The summed E-state index contributed by atoms with van der Waals surface area (Å²) in [6.07, 6.45) is 7.56. The molecule has 1 N–H and O–H groups in total. The lowest BCUT2D eigenvalue weighted by atomic mass is 9.82. The summed E-state index contributed by atoms with van der Waals surface area (Å²) in [6, 6.07) is 3.44. The van der Waals surface area contributed by atoms with Gasteiger partial charge in [0.25, 0.3) is 5.91 Å². The summed E-state index contributed by atoms with van der Waals surface area (Å²) in [5.41, 5.74) is -0.393. The maximum absolute atomic E-state index is 12.6. The van der Waals surface area contributed by atoms with Crippen LogP contribution in [0.15, 0.2) is 18.3 Å². The second-order valence-electron chi connectivity index (χ2n) is 7.11. The molecule has 1 saturated carbocycles. The second-order valence-corrected chi connectivity index (χ2v) is 7.11. The van der Waals surface area contributed by atoms with Gasteiger partial charge in [-0.1, -0.05) is 0 Å². The monoisotopic (exact) mass is 332 g/mol. The standard InChI is InChI=1S/C18H24N2O4/c1-18(17(22)23)9-4-10-20(12-18)16(21)13-7-8-15(19-11-13)24-14-5-2-3-6-14/h7-8,11,14H,2-6,9-10,12H2,1H3,(H,22,23). The highest BCUT2D eigenvalue weighted by molar-refractivity contribution is 5.94. The average Bonchev–Trinajstić information content (AvgIpc) is 3.08. The molecule has 6 nitrogen and oxygen atoms in total. The number of carboxylic acid groups (broad SMARTS) is 1. The molecule has 0 spiro atoms. The molecule has 130 valence electrons. The van der Waals surface area contributed by atoms with E-state index in [1.807, 2.05) is 0 Å². The van der Waals surface area contributed by atoms with Gasteiger partial charge < -0.3 is 14.7 Å². The third kappa shape index (κ3) is 3.52. The first-order valence-electron chi connectivity index (χ1n) is 8.63. The van der Waals surface area contributed by atoms with Crippen molar-refractivity contribution in [2.24, 2.45) is 5.41 Å². The van der Waals surface area contributed by atoms with Crippen LogP contribution < -0.4 is 4.74 Å². The number of nitrogens with zero attached hydrogens (tertiary/aromatic N) is 2. The number of piperidine rings is 1. The zero-order valence-corrected chi connectivity index (χ0v) is 14.0. The number of amides is 1. The number of ether oxygens (including phenoxy) is 1. The molecular weight excluding hydrogens is 308 g/mol. The number of carbonyl (C=O) groups excluding carboxylic acids is 1. The molecule has 3 rings (SSSR count). The van der Waals surface area contributed by atoms with E-state index in [0.717, 1.165) is 12.8 Å². The number of hydrogen-bond acceptors (Lipinski definition) is 4. The topological polar surface area (TPSA) is 79.7 Å². The van der Waals surface area contributed by atoms with E-state index in [1.54, 1.807) is 24.0 Å². The number of carbonyl (C=O) groups is 2. The molecule has 1 aliphatic carbocycles. The number of rotatable bonds is 4. The molecular formula is C18H24N2O4. The van der Waals surface area contributed by atoms with Crippen LogP contribution in [0.4, 0.5) is 0 Å². The number of hydrogen-bond donors (Lipinski definition) is 1. The Morgan fingerprint density at radius 3 is 2.67 bits per heavy atom. The number of aliphatic carboxylic acids is 1. The summed E-state index contributed by atoms with van der Waals surface area (Å²) in [5.74, 6) is -0.465. The maximum atomic E-state index is 12.6. The summed E-state index contributed by atoms with van der Waals surface area (Å²) in [6.45, 7) is 2.52. The van der Waals surface area contributed by atoms with E-state index in [0.29, 0.717) is 30.8 Å². The molecule has 0 aromatic carbocycles. The summed E-state index contributed by atoms with van der Waals surface area (Å²) in [7, 11) is 0. The van der Waals surface area contributed by atoms with Gasteiger partial charge in [0.1, 0.15) is 6.10 Å². The van der Waals surface area contributed by atoms with E-state index in [2.05, 4.69) is 4.98 Å². The van der Waals surface area contributed by atoms with Crippen molar-refractivity contribution in [2.45, 2.75) is 51.6 Å². The summed E-state index contributed by atoms with van der Waals surface area (Å²) >= 11 is 0. The zero-order valence-electron chi connectivity index (χ0n) is 14.0. The number of likely N-dealkylation sites (tertiary alicyclic amines) is 1. The first kappa shape index (κ1) is 16.7. The van der Waals surface area contributed by atoms with Crippen LogP contribution in [-0.4, -0.2) is 46.1 Å². The van der Waals surface area contributed by atoms with Crippen LogP contribution in [-0.2, 0) is 4.79 Å². The van der Waals surface area contributed by atoms with E-state index >= 15 is 0 Å². The van der Waals surface area contributed by atoms with Crippen molar-refractivity contribution in [3.8, 4) is 5.88 Å². The minimum absolute atomic E-state index is 0.165. The van der Waals surface area contributed by atoms with Crippen molar-refractivity contribution in [3.63, 3.8) is 0 Å². The van der Waals surface area contributed by atoms with Gasteiger partial charge in [-0.25, -0.2) is 4.98 Å². The first-order valence-corrected chi connectivity index (χ1v) is 8.63. The lowest BCUT2D eigenvalue weighted by molar-refractivity contribution is -0.150. The van der Waals surface area contributed by atoms with Gasteiger partial charge in [0.2, 0.25) is 5.88 Å². The molecule has 6 heteroatoms. The molecule has 2 aliphatic rings. The van der Waals surface area contributed by atoms with Crippen molar-refractivity contribution < 1.29 is 19.4 Å². The quantitative estimate of drug-likeness (QED) is 0.917. The van der Waals surface area contributed by atoms with Crippen molar-refractivity contribution in [1.29, 1.82) is 0 Å². The van der Waals surface area contributed by atoms with Gasteiger partial charge >= 0.3 is 5.97 Å². The average molecular weight is 332 g/mol. The van der Waals surface area contributed by atoms with Crippen LogP contribution in [0.2, 0.25) is 0 Å². The SMILES string of the molecule is CC1(C(=O)O)CCCN(C(=O)c2ccc(OC3CCCC3)nc2)C1. The fourth-order valence-electron chi connectivity index (χ4n) is 3.52. The highest BCUT2D eigenvalue weighted by Crippen LogP contribution is 2.30. The van der Waals surface area contributed by atoms with Gasteiger partial charge in [0, 0.05) is 25.4 Å². The fourth-order valence-corrected chi connectivity index (χ4v) is 3.52.